The third-order valence-electron chi connectivity index (χ3n) is 3.46. The van der Waals surface area contributed by atoms with E-state index in [0.717, 1.165) is 12.1 Å². The Balaban J connectivity index is 2.01. The number of anilines is 2. The molecule has 0 radical (unpaired) electrons. The van der Waals surface area contributed by atoms with E-state index in [4.69, 9.17) is 4.74 Å². The predicted molar refractivity (Wildman–Crippen MR) is 90.1 cm³/mol. The number of carbonyl (C=O) groups excluding carboxylic acids is 1. The zero-order valence-corrected chi connectivity index (χ0v) is 13.7. The molecule has 0 bridgehead atoms. The van der Waals surface area contributed by atoms with Gasteiger partial charge in [-0.1, -0.05) is 6.07 Å². The molecule has 2 aromatic rings. The maximum absolute atomic E-state index is 12.0. The molecule has 0 saturated carbocycles. The van der Waals surface area contributed by atoms with Crippen LogP contribution < -0.4 is 10.6 Å². The molecule has 0 aliphatic heterocycles. The molecular formula is C17H22N4O2. The number of aromatic nitrogens is 2. The lowest BCUT2D eigenvalue weighted by Crippen LogP contribution is -2.26. The van der Waals surface area contributed by atoms with Crippen molar-refractivity contribution in [3.63, 3.8) is 0 Å². The van der Waals surface area contributed by atoms with Crippen molar-refractivity contribution in [2.24, 2.45) is 0 Å². The average molecular weight is 314 g/mol. The summed E-state index contributed by atoms with van der Waals surface area (Å²) in [6.07, 6.45) is 2.33. The van der Waals surface area contributed by atoms with E-state index in [-0.39, 0.29) is 5.91 Å². The van der Waals surface area contributed by atoms with Crippen LogP contribution in [0.2, 0.25) is 0 Å². The molecule has 1 amide bonds. The van der Waals surface area contributed by atoms with Gasteiger partial charge in [-0.2, -0.15) is 0 Å². The molecule has 0 unspecified atom stereocenters. The first-order chi connectivity index (χ1) is 11.1. The Morgan fingerprint density at radius 1 is 1.22 bits per heavy atom. The second-order valence-corrected chi connectivity index (χ2v) is 5.29. The Labute approximate surface area is 136 Å². The maximum atomic E-state index is 12.0. The van der Waals surface area contributed by atoms with Gasteiger partial charge in [0.05, 0.1) is 0 Å². The van der Waals surface area contributed by atoms with Gasteiger partial charge in [-0.25, -0.2) is 9.97 Å². The Kier molecular flexibility index (Phi) is 6.05. The number of rotatable bonds is 7. The Morgan fingerprint density at radius 3 is 2.78 bits per heavy atom. The molecule has 0 atom stereocenters. The van der Waals surface area contributed by atoms with Gasteiger partial charge < -0.3 is 15.4 Å². The summed E-state index contributed by atoms with van der Waals surface area (Å²) in [5.74, 6) is 0.185. The topological polar surface area (TPSA) is 76.1 Å². The average Bonchev–Trinajstić information content (AvgIpc) is 2.55. The Bertz CT molecular complexity index is 673. The summed E-state index contributed by atoms with van der Waals surface area (Å²) in [5, 5.41) is 5.93. The molecule has 1 aromatic carbocycles. The van der Waals surface area contributed by atoms with Gasteiger partial charge in [0.1, 0.15) is 5.69 Å². The predicted octanol–water partition coefficient (Wildman–Crippen LogP) is 2.60. The van der Waals surface area contributed by atoms with E-state index in [0.29, 0.717) is 24.8 Å². The molecule has 6 nitrogen and oxygen atoms in total. The number of amides is 1. The highest BCUT2D eigenvalue weighted by molar-refractivity contribution is 5.92. The molecule has 0 saturated heterocycles. The summed E-state index contributed by atoms with van der Waals surface area (Å²) in [7, 11) is 1.64. The summed E-state index contributed by atoms with van der Waals surface area (Å²) in [4.78, 5) is 20.5. The van der Waals surface area contributed by atoms with E-state index in [9.17, 15) is 4.79 Å². The highest BCUT2D eigenvalue weighted by Crippen LogP contribution is 2.17. The first kappa shape index (κ1) is 16.9. The lowest BCUT2D eigenvalue weighted by atomic mass is 10.1. The van der Waals surface area contributed by atoms with Crippen LogP contribution in [0.5, 0.6) is 0 Å². The molecule has 0 spiro atoms. The van der Waals surface area contributed by atoms with Crippen LogP contribution >= 0.6 is 0 Å². The molecule has 122 valence electrons. The van der Waals surface area contributed by atoms with Crippen molar-refractivity contribution in [2.45, 2.75) is 20.3 Å². The van der Waals surface area contributed by atoms with Crippen LogP contribution in [0, 0.1) is 13.8 Å². The molecule has 2 N–H and O–H groups in total. The number of hydrogen-bond donors (Lipinski definition) is 2. The summed E-state index contributed by atoms with van der Waals surface area (Å²) in [6.45, 7) is 5.27. The van der Waals surface area contributed by atoms with Gasteiger partial charge in [-0.3, -0.25) is 4.79 Å². The second-order valence-electron chi connectivity index (χ2n) is 5.29. The highest BCUT2D eigenvalue weighted by Gasteiger charge is 2.08. The minimum absolute atomic E-state index is 0.216. The maximum Gasteiger partial charge on any atom is 0.270 e. The lowest BCUT2D eigenvalue weighted by molar-refractivity contribution is 0.0943. The van der Waals surface area contributed by atoms with Gasteiger partial charge in [-0.15, -0.1) is 0 Å². The molecule has 2 rings (SSSR count). The van der Waals surface area contributed by atoms with Crippen LogP contribution in [0.3, 0.4) is 0 Å². The van der Waals surface area contributed by atoms with Crippen LogP contribution in [0.1, 0.15) is 28.0 Å². The van der Waals surface area contributed by atoms with Crippen molar-refractivity contribution in [2.75, 3.05) is 25.6 Å². The standard InChI is InChI=1S/C17H22N4O2/c1-12-5-6-14(11-13(12)2)20-17-19-9-7-15(21-17)16(22)18-8-4-10-23-3/h5-7,9,11H,4,8,10H2,1-3H3,(H,18,22)(H,19,20,21). The number of aryl methyl sites for hydroxylation is 2. The number of methoxy groups -OCH3 is 1. The van der Waals surface area contributed by atoms with Gasteiger partial charge in [-0.05, 0) is 49.6 Å². The van der Waals surface area contributed by atoms with Gasteiger partial charge >= 0.3 is 0 Å². The number of nitrogens with zero attached hydrogens (tertiary/aromatic N) is 2. The molecule has 1 heterocycles. The first-order valence-electron chi connectivity index (χ1n) is 7.54. The number of nitrogens with one attached hydrogen (secondary N) is 2. The second kappa shape index (κ2) is 8.24. The summed E-state index contributed by atoms with van der Waals surface area (Å²) >= 11 is 0. The zero-order valence-electron chi connectivity index (χ0n) is 13.7. The van der Waals surface area contributed by atoms with Crippen LogP contribution in [0.15, 0.2) is 30.5 Å². The molecule has 23 heavy (non-hydrogen) atoms. The van der Waals surface area contributed by atoms with E-state index in [2.05, 4.69) is 27.5 Å². The van der Waals surface area contributed by atoms with Crippen LogP contribution in [-0.4, -0.2) is 36.1 Å². The lowest BCUT2D eigenvalue weighted by Gasteiger charge is -2.09. The number of benzene rings is 1. The van der Waals surface area contributed by atoms with Gasteiger partial charge in [0, 0.05) is 32.1 Å². The first-order valence-corrected chi connectivity index (χ1v) is 7.54. The molecule has 0 aliphatic carbocycles. The Morgan fingerprint density at radius 2 is 2.04 bits per heavy atom. The third-order valence-corrected chi connectivity index (χ3v) is 3.46. The third kappa shape index (κ3) is 5.03. The minimum Gasteiger partial charge on any atom is -0.385 e. The molecular weight excluding hydrogens is 292 g/mol. The number of hydrogen-bond acceptors (Lipinski definition) is 5. The van der Waals surface area contributed by atoms with E-state index in [1.165, 1.54) is 11.1 Å². The fourth-order valence-corrected chi connectivity index (χ4v) is 2.00. The quantitative estimate of drug-likeness (QED) is 0.768. The van der Waals surface area contributed by atoms with Gasteiger partial charge in [0.2, 0.25) is 5.95 Å². The molecule has 0 fully saturated rings. The monoisotopic (exact) mass is 314 g/mol. The summed E-state index contributed by atoms with van der Waals surface area (Å²) in [6, 6.07) is 7.61. The summed E-state index contributed by atoms with van der Waals surface area (Å²) < 4.78 is 4.95. The highest BCUT2D eigenvalue weighted by atomic mass is 16.5. The Hall–Kier alpha value is -2.47. The van der Waals surface area contributed by atoms with E-state index in [1.54, 1.807) is 19.4 Å². The minimum atomic E-state index is -0.216. The largest absolute Gasteiger partial charge is 0.385 e. The SMILES string of the molecule is COCCCNC(=O)c1ccnc(Nc2ccc(C)c(C)c2)n1. The van der Waals surface area contributed by atoms with Crippen LogP contribution in [-0.2, 0) is 4.74 Å². The fourth-order valence-electron chi connectivity index (χ4n) is 2.00. The van der Waals surface area contributed by atoms with E-state index in [1.807, 2.05) is 25.1 Å². The van der Waals surface area contributed by atoms with Crippen molar-refractivity contribution in [3.8, 4) is 0 Å². The van der Waals surface area contributed by atoms with Crippen LogP contribution in [0.4, 0.5) is 11.6 Å². The molecule has 6 heteroatoms. The van der Waals surface area contributed by atoms with Crippen molar-refractivity contribution < 1.29 is 9.53 Å². The summed E-state index contributed by atoms with van der Waals surface area (Å²) in [5.41, 5.74) is 3.64. The van der Waals surface area contributed by atoms with Crippen LogP contribution in [0.25, 0.3) is 0 Å². The molecule has 1 aromatic heterocycles. The van der Waals surface area contributed by atoms with Crippen molar-refractivity contribution >= 4 is 17.5 Å². The van der Waals surface area contributed by atoms with E-state index >= 15 is 0 Å². The fraction of sp³-hybridized carbons (Fsp3) is 0.353. The zero-order chi connectivity index (χ0) is 16.7. The number of ether oxygens (including phenoxy) is 1. The van der Waals surface area contributed by atoms with Gasteiger partial charge in [0.25, 0.3) is 5.91 Å². The van der Waals surface area contributed by atoms with Crippen molar-refractivity contribution in [1.82, 2.24) is 15.3 Å². The van der Waals surface area contributed by atoms with E-state index < -0.39 is 0 Å². The normalized spacial score (nSPS) is 10.4. The smallest absolute Gasteiger partial charge is 0.270 e. The molecule has 0 aliphatic rings. The van der Waals surface area contributed by atoms with Crippen molar-refractivity contribution in [3.05, 3.63) is 47.3 Å². The van der Waals surface area contributed by atoms with Gasteiger partial charge in [0.15, 0.2) is 0 Å². The number of carbonyl (C=O) groups is 1. The van der Waals surface area contributed by atoms with Crippen molar-refractivity contribution in [1.29, 1.82) is 0 Å².